The van der Waals surface area contributed by atoms with Crippen molar-refractivity contribution in [3.05, 3.63) is 16.6 Å². The van der Waals surface area contributed by atoms with E-state index in [2.05, 4.69) is 40.9 Å². The van der Waals surface area contributed by atoms with Crippen molar-refractivity contribution in [1.29, 1.82) is 0 Å². The highest BCUT2D eigenvalue weighted by molar-refractivity contribution is 7.09. The van der Waals surface area contributed by atoms with Crippen LogP contribution in [-0.4, -0.2) is 46.5 Å². The highest BCUT2D eigenvalue weighted by Crippen LogP contribution is 2.36. The van der Waals surface area contributed by atoms with Gasteiger partial charge in [0.15, 0.2) is 0 Å². The topological polar surface area (TPSA) is 19.4 Å². The summed E-state index contributed by atoms with van der Waals surface area (Å²) >= 11 is 1.79. The average molecular weight is 279 g/mol. The monoisotopic (exact) mass is 279 g/mol. The van der Waals surface area contributed by atoms with Crippen LogP contribution in [0, 0.1) is 0 Å². The van der Waals surface area contributed by atoms with E-state index in [9.17, 15) is 0 Å². The molecule has 106 valence electrons. The molecule has 4 heteroatoms. The molecule has 0 amide bonds. The van der Waals surface area contributed by atoms with Crippen molar-refractivity contribution < 1.29 is 0 Å². The Morgan fingerprint density at radius 1 is 1.42 bits per heavy atom. The standard InChI is InChI=1S/C15H25N3S/c1-4-12-10-17-8-5-6-13(17)11-18(12)15(2,3)14-16-7-9-19-14/h7,9,12-13H,4-6,8,10-11H2,1-3H3. The molecule has 1 aromatic heterocycles. The molecule has 0 aliphatic carbocycles. The van der Waals surface area contributed by atoms with Gasteiger partial charge in [-0.05, 0) is 39.7 Å². The molecule has 0 bridgehead atoms. The molecule has 2 aliphatic heterocycles. The maximum atomic E-state index is 4.58. The summed E-state index contributed by atoms with van der Waals surface area (Å²) in [5.74, 6) is 0. The summed E-state index contributed by atoms with van der Waals surface area (Å²) in [5, 5.41) is 3.36. The fraction of sp³-hybridized carbons (Fsp3) is 0.800. The van der Waals surface area contributed by atoms with Crippen molar-refractivity contribution in [1.82, 2.24) is 14.8 Å². The maximum absolute atomic E-state index is 4.58. The largest absolute Gasteiger partial charge is 0.298 e. The van der Waals surface area contributed by atoms with E-state index >= 15 is 0 Å². The van der Waals surface area contributed by atoms with E-state index in [1.165, 1.54) is 43.9 Å². The van der Waals surface area contributed by atoms with Gasteiger partial charge in [0.05, 0.1) is 5.54 Å². The van der Waals surface area contributed by atoms with Crippen LogP contribution in [0.2, 0.25) is 0 Å². The second kappa shape index (κ2) is 5.15. The fourth-order valence-corrected chi connectivity index (χ4v) is 4.55. The molecule has 3 rings (SSSR count). The number of nitrogens with zero attached hydrogens (tertiary/aromatic N) is 3. The van der Waals surface area contributed by atoms with Crippen molar-refractivity contribution >= 4 is 11.3 Å². The molecule has 0 N–H and O–H groups in total. The van der Waals surface area contributed by atoms with E-state index in [1.54, 1.807) is 11.3 Å². The van der Waals surface area contributed by atoms with Gasteiger partial charge in [-0.25, -0.2) is 4.98 Å². The number of hydrogen-bond donors (Lipinski definition) is 0. The number of piperazine rings is 1. The van der Waals surface area contributed by atoms with Crippen LogP contribution in [0.15, 0.2) is 11.6 Å². The first-order chi connectivity index (χ1) is 9.13. The molecule has 2 fully saturated rings. The summed E-state index contributed by atoms with van der Waals surface area (Å²) in [7, 11) is 0. The number of aromatic nitrogens is 1. The van der Waals surface area contributed by atoms with Crippen LogP contribution in [0.3, 0.4) is 0 Å². The second-order valence-electron chi connectivity index (χ2n) is 6.40. The third-order valence-corrected chi connectivity index (χ3v) is 6.02. The van der Waals surface area contributed by atoms with Gasteiger partial charge in [0, 0.05) is 36.8 Å². The number of hydrogen-bond acceptors (Lipinski definition) is 4. The zero-order valence-electron chi connectivity index (χ0n) is 12.3. The van der Waals surface area contributed by atoms with Gasteiger partial charge in [0.1, 0.15) is 5.01 Å². The smallest absolute Gasteiger partial charge is 0.112 e. The van der Waals surface area contributed by atoms with Crippen LogP contribution in [-0.2, 0) is 5.54 Å². The van der Waals surface area contributed by atoms with E-state index in [-0.39, 0.29) is 5.54 Å². The van der Waals surface area contributed by atoms with Gasteiger partial charge in [-0.1, -0.05) is 6.92 Å². The summed E-state index contributed by atoms with van der Waals surface area (Å²) < 4.78 is 0. The van der Waals surface area contributed by atoms with Crippen molar-refractivity contribution in [2.45, 2.75) is 57.7 Å². The van der Waals surface area contributed by atoms with E-state index in [4.69, 9.17) is 0 Å². The lowest BCUT2D eigenvalue weighted by Gasteiger charge is -2.50. The number of thiazole rings is 1. The second-order valence-corrected chi connectivity index (χ2v) is 7.30. The minimum atomic E-state index is 0.0729. The van der Waals surface area contributed by atoms with Gasteiger partial charge in [-0.15, -0.1) is 11.3 Å². The molecule has 2 atom stereocenters. The molecule has 0 aromatic carbocycles. The summed E-state index contributed by atoms with van der Waals surface area (Å²) in [6.45, 7) is 10.8. The zero-order valence-corrected chi connectivity index (χ0v) is 13.1. The molecule has 2 saturated heterocycles. The fourth-order valence-electron chi connectivity index (χ4n) is 3.77. The first kappa shape index (κ1) is 13.5. The van der Waals surface area contributed by atoms with Crippen LogP contribution in [0.4, 0.5) is 0 Å². The van der Waals surface area contributed by atoms with Gasteiger partial charge in [-0.3, -0.25) is 9.80 Å². The average Bonchev–Trinajstić information content (AvgIpc) is 3.07. The summed E-state index contributed by atoms with van der Waals surface area (Å²) in [6, 6.07) is 1.45. The van der Waals surface area contributed by atoms with Crippen LogP contribution >= 0.6 is 11.3 Å². The van der Waals surface area contributed by atoms with Gasteiger partial charge in [-0.2, -0.15) is 0 Å². The molecule has 2 unspecified atom stereocenters. The Balaban J connectivity index is 1.85. The maximum Gasteiger partial charge on any atom is 0.112 e. The number of rotatable bonds is 3. The highest BCUT2D eigenvalue weighted by atomic mass is 32.1. The Kier molecular flexibility index (Phi) is 3.67. The lowest BCUT2D eigenvalue weighted by Crippen LogP contribution is -2.61. The minimum absolute atomic E-state index is 0.0729. The Bertz CT molecular complexity index is 415. The first-order valence-corrected chi connectivity index (χ1v) is 8.41. The first-order valence-electron chi connectivity index (χ1n) is 7.53. The highest BCUT2D eigenvalue weighted by Gasteiger charge is 2.43. The Morgan fingerprint density at radius 2 is 2.26 bits per heavy atom. The third kappa shape index (κ3) is 2.34. The van der Waals surface area contributed by atoms with Crippen LogP contribution in [0.5, 0.6) is 0 Å². The third-order valence-electron chi connectivity index (χ3n) is 4.94. The van der Waals surface area contributed by atoms with Crippen molar-refractivity contribution in [3.8, 4) is 0 Å². The van der Waals surface area contributed by atoms with Crippen LogP contribution in [0.25, 0.3) is 0 Å². The van der Waals surface area contributed by atoms with E-state index in [1.807, 2.05) is 6.20 Å². The molecule has 0 spiro atoms. The Hall–Kier alpha value is -0.450. The summed E-state index contributed by atoms with van der Waals surface area (Å²) in [6.07, 6.45) is 5.93. The summed E-state index contributed by atoms with van der Waals surface area (Å²) in [5.41, 5.74) is 0.0729. The van der Waals surface area contributed by atoms with Crippen molar-refractivity contribution in [2.75, 3.05) is 19.6 Å². The molecule has 19 heavy (non-hydrogen) atoms. The predicted molar refractivity (Wildman–Crippen MR) is 80.5 cm³/mol. The molecular weight excluding hydrogens is 254 g/mol. The predicted octanol–water partition coefficient (Wildman–Crippen LogP) is 2.94. The lowest BCUT2D eigenvalue weighted by atomic mass is 9.95. The number of fused-ring (bicyclic) bond motifs is 1. The van der Waals surface area contributed by atoms with E-state index in [0.717, 1.165) is 6.04 Å². The molecular formula is C15H25N3S. The van der Waals surface area contributed by atoms with Crippen molar-refractivity contribution in [3.63, 3.8) is 0 Å². The van der Waals surface area contributed by atoms with E-state index in [0.29, 0.717) is 6.04 Å². The Labute approximate surface area is 120 Å². The van der Waals surface area contributed by atoms with Gasteiger partial charge in [0.2, 0.25) is 0 Å². The van der Waals surface area contributed by atoms with Crippen LogP contribution < -0.4 is 0 Å². The molecule has 3 heterocycles. The molecule has 0 saturated carbocycles. The van der Waals surface area contributed by atoms with Gasteiger partial charge < -0.3 is 0 Å². The lowest BCUT2D eigenvalue weighted by molar-refractivity contribution is -0.0194. The SMILES string of the molecule is CCC1CN2CCCC2CN1C(C)(C)c1nccs1. The quantitative estimate of drug-likeness (QED) is 0.848. The normalized spacial score (nSPS) is 29.6. The molecule has 2 aliphatic rings. The minimum Gasteiger partial charge on any atom is -0.298 e. The van der Waals surface area contributed by atoms with Gasteiger partial charge >= 0.3 is 0 Å². The van der Waals surface area contributed by atoms with Crippen molar-refractivity contribution in [2.24, 2.45) is 0 Å². The molecule has 1 aromatic rings. The summed E-state index contributed by atoms with van der Waals surface area (Å²) in [4.78, 5) is 10.0. The molecule has 0 radical (unpaired) electrons. The molecule has 3 nitrogen and oxygen atoms in total. The van der Waals surface area contributed by atoms with Crippen LogP contribution in [0.1, 0.15) is 45.0 Å². The van der Waals surface area contributed by atoms with Gasteiger partial charge in [0.25, 0.3) is 0 Å². The van der Waals surface area contributed by atoms with E-state index < -0.39 is 0 Å². The Morgan fingerprint density at radius 3 is 2.95 bits per heavy atom. The zero-order chi connectivity index (χ0) is 13.5.